The molecule has 1 atom stereocenters. The Morgan fingerprint density at radius 2 is 1.89 bits per heavy atom. The fourth-order valence-corrected chi connectivity index (χ4v) is 3.90. The first kappa shape index (κ1) is 17.6. The molecule has 0 amide bonds. The lowest BCUT2D eigenvalue weighted by molar-refractivity contribution is 0.457. The molecule has 142 valence electrons. The molecule has 3 heterocycles. The van der Waals surface area contributed by atoms with Crippen molar-refractivity contribution in [2.75, 3.05) is 11.4 Å². The molecule has 0 fully saturated rings. The van der Waals surface area contributed by atoms with Crippen molar-refractivity contribution in [3.8, 4) is 0 Å². The molecule has 0 bridgehead atoms. The van der Waals surface area contributed by atoms with Crippen LogP contribution in [0.25, 0.3) is 11.2 Å². The summed E-state index contributed by atoms with van der Waals surface area (Å²) in [5, 5.41) is 0. The second-order valence-corrected chi connectivity index (χ2v) is 7.57. The molecule has 1 aliphatic heterocycles. The van der Waals surface area contributed by atoms with Crippen molar-refractivity contribution in [2.24, 2.45) is 13.0 Å². The topological polar surface area (TPSA) is 65.1 Å². The Balaban J connectivity index is 2.03. The van der Waals surface area contributed by atoms with Crippen LogP contribution in [0, 0.1) is 19.8 Å². The first-order chi connectivity index (χ1) is 12.8. The number of hydrogen-bond donors (Lipinski definition) is 0. The van der Waals surface area contributed by atoms with Gasteiger partial charge in [0, 0.05) is 32.4 Å². The molecule has 2 aromatic heterocycles. The lowest BCUT2D eigenvalue weighted by atomic mass is 10.1. The Morgan fingerprint density at radius 1 is 1.15 bits per heavy atom. The van der Waals surface area contributed by atoms with Crippen LogP contribution in [-0.4, -0.2) is 25.2 Å². The third kappa shape index (κ3) is 2.52. The van der Waals surface area contributed by atoms with Crippen molar-refractivity contribution >= 4 is 22.8 Å². The highest BCUT2D eigenvalue weighted by Crippen LogP contribution is 2.33. The van der Waals surface area contributed by atoms with Gasteiger partial charge in [-0.2, -0.15) is 4.98 Å². The Bertz CT molecular complexity index is 1170. The number of aromatic nitrogens is 4. The van der Waals surface area contributed by atoms with Crippen molar-refractivity contribution < 1.29 is 0 Å². The fraction of sp³-hybridized carbons (Fsp3) is 0.450. The van der Waals surface area contributed by atoms with Crippen LogP contribution < -0.4 is 16.1 Å². The Morgan fingerprint density at radius 3 is 2.56 bits per heavy atom. The molecule has 7 nitrogen and oxygen atoms in total. The molecule has 0 N–H and O–H groups in total. The molecular formula is C20H25N5O2. The number of aryl methyl sites for hydroxylation is 3. The second-order valence-electron chi connectivity index (χ2n) is 7.57. The van der Waals surface area contributed by atoms with E-state index >= 15 is 0 Å². The maximum atomic E-state index is 13.0. The lowest BCUT2D eigenvalue weighted by Gasteiger charge is -2.33. The molecule has 0 aliphatic carbocycles. The zero-order valence-corrected chi connectivity index (χ0v) is 16.5. The molecule has 3 aromatic rings. The van der Waals surface area contributed by atoms with Gasteiger partial charge in [-0.3, -0.25) is 13.9 Å². The molecule has 0 saturated heterocycles. The maximum Gasteiger partial charge on any atom is 0.332 e. The van der Waals surface area contributed by atoms with Gasteiger partial charge in [-0.15, -0.1) is 0 Å². The van der Waals surface area contributed by atoms with E-state index in [0.717, 1.165) is 18.2 Å². The number of imidazole rings is 1. The molecule has 0 spiro atoms. The van der Waals surface area contributed by atoms with E-state index < -0.39 is 0 Å². The molecule has 7 heteroatoms. The molecule has 1 aliphatic rings. The van der Waals surface area contributed by atoms with Gasteiger partial charge in [-0.05, 0) is 49.9 Å². The van der Waals surface area contributed by atoms with E-state index in [2.05, 4.69) is 43.9 Å². The van der Waals surface area contributed by atoms with Crippen LogP contribution in [0.15, 0.2) is 27.8 Å². The minimum absolute atomic E-state index is 0.261. The van der Waals surface area contributed by atoms with E-state index in [1.165, 1.54) is 20.3 Å². The molecule has 1 aromatic carbocycles. The highest BCUT2D eigenvalue weighted by atomic mass is 16.2. The summed E-state index contributed by atoms with van der Waals surface area (Å²) in [4.78, 5) is 32.4. The lowest BCUT2D eigenvalue weighted by Crippen LogP contribution is -2.40. The van der Waals surface area contributed by atoms with Crippen molar-refractivity contribution in [2.45, 2.75) is 40.8 Å². The van der Waals surface area contributed by atoms with Gasteiger partial charge < -0.3 is 9.47 Å². The highest BCUT2D eigenvalue weighted by Gasteiger charge is 2.29. The van der Waals surface area contributed by atoms with Crippen LogP contribution in [0.4, 0.5) is 11.6 Å². The molecule has 27 heavy (non-hydrogen) atoms. The van der Waals surface area contributed by atoms with Gasteiger partial charge in [-0.1, -0.05) is 13.0 Å². The van der Waals surface area contributed by atoms with Gasteiger partial charge in [0.2, 0.25) is 5.95 Å². The number of fused-ring (bicyclic) bond motifs is 3. The van der Waals surface area contributed by atoms with Gasteiger partial charge in [0.05, 0.1) is 0 Å². The normalized spacial score (nSPS) is 16.8. The highest BCUT2D eigenvalue weighted by molar-refractivity contribution is 5.77. The number of anilines is 2. The zero-order valence-electron chi connectivity index (χ0n) is 16.5. The third-order valence-electron chi connectivity index (χ3n) is 5.56. The minimum atomic E-state index is -0.323. The van der Waals surface area contributed by atoms with Crippen LogP contribution in [0.5, 0.6) is 0 Å². The minimum Gasteiger partial charge on any atom is -0.312 e. The first-order valence-corrected chi connectivity index (χ1v) is 9.38. The van der Waals surface area contributed by atoms with Gasteiger partial charge in [0.15, 0.2) is 11.2 Å². The Hall–Kier alpha value is -2.83. The van der Waals surface area contributed by atoms with Crippen LogP contribution in [0.3, 0.4) is 0 Å². The van der Waals surface area contributed by atoms with Crippen LogP contribution in [0.2, 0.25) is 0 Å². The van der Waals surface area contributed by atoms with Crippen molar-refractivity contribution in [3.63, 3.8) is 0 Å². The van der Waals surface area contributed by atoms with Crippen LogP contribution in [0.1, 0.15) is 25.0 Å². The largest absolute Gasteiger partial charge is 0.332 e. The number of hydrogen-bond acceptors (Lipinski definition) is 4. The fourth-order valence-electron chi connectivity index (χ4n) is 3.90. The first-order valence-electron chi connectivity index (χ1n) is 9.38. The van der Waals surface area contributed by atoms with E-state index in [-0.39, 0.29) is 11.2 Å². The average Bonchev–Trinajstić information content (AvgIpc) is 3.01. The predicted octanol–water partition coefficient (Wildman–Crippen LogP) is 2.32. The number of benzene rings is 1. The summed E-state index contributed by atoms with van der Waals surface area (Å²) in [5.41, 5.74) is 3.89. The summed E-state index contributed by atoms with van der Waals surface area (Å²) in [5.74, 6) is 1.08. The summed E-state index contributed by atoms with van der Waals surface area (Å²) in [6.07, 6.45) is 0. The summed E-state index contributed by atoms with van der Waals surface area (Å²) in [6.45, 7) is 10.1. The summed E-state index contributed by atoms with van der Waals surface area (Å²) in [6, 6.07) is 6.35. The number of rotatable bonds is 2. The van der Waals surface area contributed by atoms with Gasteiger partial charge in [0.25, 0.3) is 5.56 Å². The monoisotopic (exact) mass is 367 g/mol. The van der Waals surface area contributed by atoms with E-state index in [0.29, 0.717) is 30.2 Å². The van der Waals surface area contributed by atoms with Crippen molar-refractivity contribution in [1.82, 2.24) is 18.7 Å². The summed E-state index contributed by atoms with van der Waals surface area (Å²) < 4.78 is 4.73. The third-order valence-corrected chi connectivity index (χ3v) is 5.56. The van der Waals surface area contributed by atoms with Crippen LogP contribution in [-0.2, 0) is 20.1 Å². The molecular weight excluding hydrogens is 342 g/mol. The standard InChI is InChI=1S/C20H25N5O2/c1-6-23-18(26)16-17(22(5)20(23)27)21-19-24(10-12(2)11-25(16)19)15-8-7-13(3)14(4)9-15/h7-9,12H,6,10-11H2,1-5H3. The van der Waals surface area contributed by atoms with Gasteiger partial charge >= 0.3 is 5.69 Å². The Labute approximate surface area is 157 Å². The van der Waals surface area contributed by atoms with E-state index in [4.69, 9.17) is 4.98 Å². The Kier molecular flexibility index (Phi) is 3.98. The van der Waals surface area contributed by atoms with E-state index in [9.17, 15) is 9.59 Å². The van der Waals surface area contributed by atoms with Crippen molar-refractivity contribution in [1.29, 1.82) is 0 Å². The van der Waals surface area contributed by atoms with Crippen molar-refractivity contribution in [3.05, 3.63) is 50.2 Å². The average molecular weight is 367 g/mol. The molecule has 4 rings (SSSR count). The van der Waals surface area contributed by atoms with Crippen LogP contribution >= 0.6 is 0 Å². The zero-order chi connectivity index (χ0) is 19.5. The number of nitrogens with zero attached hydrogens (tertiary/aromatic N) is 5. The quantitative estimate of drug-likeness (QED) is 0.697. The predicted molar refractivity (Wildman–Crippen MR) is 107 cm³/mol. The molecule has 0 saturated carbocycles. The molecule has 1 unspecified atom stereocenters. The van der Waals surface area contributed by atoms with E-state index in [1.807, 2.05) is 11.5 Å². The summed E-state index contributed by atoms with van der Waals surface area (Å²) in [7, 11) is 1.68. The molecule has 0 radical (unpaired) electrons. The summed E-state index contributed by atoms with van der Waals surface area (Å²) >= 11 is 0. The maximum absolute atomic E-state index is 13.0. The van der Waals surface area contributed by atoms with Gasteiger partial charge in [0.1, 0.15) is 0 Å². The van der Waals surface area contributed by atoms with E-state index in [1.54, 1.807) is 7.05 Å². The smallest absolute Gasteiger partial charge is 0.312 e. The second kappa shape index (κ2) is 6.11. The van der Waals surface area contributed by atoms with Gasteiger partial charge in [-0.25, -0.2) is 4.79 Å². The SMILES string of the molecule is CCn1c(=O)c2c(nc3n2CC(C)CN3c2ccc(C)c(C)c2)n(C)c1=O.